The number of Topliss-reactive ketones (excluding diaryl/α,β-unsaturated/α-hetero) is 1. The highest BCUT2D eigenvalue weighted by Crippen LogP contribution is 2.28. The maximum atomic E-state index is 12.9. The number of pyridine rings is 1. The van der Waals surface area contributed by atoms with Crippen molar-refractivity contribution in [2.45, 2.75) is 26.9 Å². The van der Waals surface area contributed by atoms with Crippen LogP contribution in [0.1, 0.15) is 32.0 Å². The molecular formula is C20H22N4O2. The molecule has 0 spiro atoms. The van der Waals surface area contributed by atoms with Crippen LogP contribution in [0.3, 0.4) is 0 Å². The van der Waals surface area contributed by atoms with Crippen LogP contribution in [0.15, 0.2) is 53.7 Å². The second-order valence-corrected chi connectivity index (χ2v) is 7.25. The van der Waals surface area contributed by atoms with Crippen molar-refractivity contribution >= 4 is 23.1 Å². The van der Waals surface area contributed by atoms with E-state index in [1.807, 2.05) is 57.2 Å². The number of ketones is 1. The molecule has 0 fully saturated rings. The monoisotopic (exact) mass is 350 g/mol. The van der Waals surface area contributed by atoms with E-state index >= 15 is 0 Å². The van der Waals surface area contributed by atoms with E-state index in [9.17, 15) is 9.59 Å². The minimum absolute atomic E-state index is 0.0436. The molecule has 134 valence electrons. The zero-order chi connectivity index (χ0) is 18.9. The van der Waals surface area contributed by atoms with Crippen LogP contribution in [0.25, 0.3) is 0 Å². The number of benzene rings is 1. The van der Waals surface area contributed by atoms with Crippen LogP contribution in [0.4, 0.5) is 5.69 Å². The first-order valence-corrected chi connectivity index (χ1v) is 8.48. The minimum Gasteiger partial charge on any atom is -0.302 e. The third-order valence-electron chi connectivity index (χ3n) is 4.28. The van der Waals surface area contributed by atoms with E-state index in [1.165, 1.54) is 4.90 Å². The van der Waals surface area contributed by atoms with Crippen LogP contribution in [0.5, 0.6) is 0 Å². The molecule has 0 radical (unpaired) electrons. The number of para-hydroxylation sites is 1. The lowest BCUT2D eigenvalue weighted by molar-refractivity contribution is -0.127. The minimum atomic E-state index is -1.09. The fourth-order valence-electron chi connectivity index (χ4n) is 2.70. The third kappa shape index (κ3) is 3.41. The van der Waals surface area contributed by atoms with Crippen molar-refractivity contribution in [2.75, 3.05) is 11.4 Å². The van der Waals surface area contributed by atoms with E-state index < -0.39 is 17.5 Å². The predicted octanol–water partition coefficient (Wildman–Crippen LogP) is 2.17. The Kier molecular flexibility index (Phi) is 4.70. The zero-order valence-corrected chi connectivity index (χ0v) is 15.1. The molecule has 2 aromatic rings. The van der Waals surface area contributed by atoms with Crippen LogP contribution in [-0.2, 0) is 9.59 Å². The molecule has 1 aliphatic heterocycles. The smallest absolute Gasteiger partial charge is 0.266 e. The van der Waals surface area contributed by atoms with Gasteiger partial charge in [-0.2, -0.15) is 0 Å². The Hall–Kier alpha value is -2.86. The Bertz CT molecular complexity index is 869. The summed E-state index contributed by atoms with van der Waals surface area (Å²) in [6.07, 6.45) is 0.576. The number of nitrogens with two attached hydrogens (primary N) is 1. The fourth-order valence-corrected chi connectivity index (χ4v) is 2.70. The van der Waals surface area contributed by atoms with E-state index in [0.717, 1.165) is 5.56 Å². The Balaban J connectivity index is 2.12. The Morgan fingerprint density at radius 2 is 1.85 bits per heavy atom. The molecular weight excluding hydrogens is 328 g/mol. The summed E-state index contributed by atoms with van der Waals surface area (Å²) < 4.78 is 0. The van der Waals surface area contributed by atoms with Gasteiger partial charge in [-0.15, -0.1) is 0 Å². The number of hydrogen-bond acceptors (Lipinski definition) is 5. The molecule has 0 saturated carbocycles. The Morgan fingerprint density at radius 1 is 1.15 bits per heavy atom. The van der Waals surface area contributed by atoms with Crippen LogP contribution in [-0.4, -0.2) is 35.1 Å². The molecule has 1 amide bonds. The zero-order valence-electron chi connectivity index (χ0n) is 15.1. The molecule has 1 aromatic carbocycles. The quantitative estimate of drug-likeness (QED) is 0.919. The summed E-state index contributed by atoms with van der Waals surface area (Å²) in [7, 11) is 0. The average molecular weight is 350 g/mol. The fraction of sp³-hybridized carbons (Fsp3) is 0.300. The van der Waals surface area contributed by atoms with Gasteiger partial charge in [0.25, 0.3) is 5.91 Å². The molecule has 1 aromatic heterocycles. The van der Waals surface area contributed by atoms with Crippen LogP contribution in [0.2, 0.25) is 0 Å². The maximum Gasteiger partial charge on any atom is 0.266 e. The number of carbonyl (C=O) groups excluding carboxylic acids is 2. The highest BCUT2D eigenvalue weighted by molar-refractivity contribution is 6.20. The summed E-state index contributed by atoms with van der Waals surface area (Å²) in [6, 6.07) is 12.8. The highest BCUT2D eigenvalue weighted by atomic mass is 16.2. The maximum absolute atomic E-state index is 12.9. The van der Waals surface area contributed by atoms with Gasteiger partial charge < -0.3 is 10.6 Å². The van der Waals surface area contributed by atoms with Crippen molar-refractivity contribution in [1.29, 1.82) is 0 Å². The topological polar surface area (TPSA) is 88.7 Å². The van der Waals surface area contributed by atoms with Crippen LogP contribution < -0.4 is 10.6 Å². The summed E-state index contributed by atoms with van der Waals surface area (Å²) in [4.78, 5) is 35.6. The normalized spacial score (nSPS) is 17.4. The van der Waals surface area contributed by atoms with Gasteiger partial charge in [-0.05, 0) is 18.2 Å². The molecule has 0 saturated heterocycles. The summed E-state index contributed by atoms with van der Waals surface area (Å²) in [5, 5.41) is 0. The van der Waals surface area contributed by atoms with Gasteiger partial charge in [-0.3, -0.25) is 19.6 Å². The molecule has 6 heteroatoms. The van der Waals surface area contributed by atoms with Crippen molar-refractivity contribution in [3.63, 3.8) is 0 Å². The van der Waals surface area contributed by atoms with Gasteiger partial charge in [0, 0.05) is 17.2 Å². The van der Waals surface area contributed by atoms with Crippen LogP contribution in [0, 0.1) is 5.41 Å². The van der Waals surface area contributed by atoms with E-state index in [4.69, 9.17) is 5.73 Å². The number of amides is 1. The molecule has 0 bridgehead atoms. The Labute approximate surface area is 152 Å². The lowest BCUT2D eigenvalue weighted by Crippen LogP contribution is -2.46. The standard InChI is InChI=1S/C20H22N4O2/c1-20(2,3)16(25)12-24-15-10-5-4-8-13(15)17(23-18(21)19(24)26)14-9-6-7-11-22-14/h4-11,18H,12,21H2,1-3H3/t18-/m0/s1. The molecule has 2 N–H and O–H groups in total. The van der Waals surface area contributed by atoms with Gasteiger partial charge in [0.15, 0.2) is 11.9 Å². The molecule has 26 heavy (non-hydrogen) atoms. The first kappa shape index (κ1) is 17.9. The van der Waals surface area contributed by atoms with Gasteiger partial charge in [0.05, 0.1) is 23.6 Å². The van der Waals surface area contributed by atoms with E-state index in [2.05, 4.69) is 9.98 Å². The van der Waals surface area contributed by atoms with Gasteiger partial charge in [-0.25, -0.2) is 0 Å². The third-order valence-corrected chi connectivity index (χ3v) is 4.28. The number of aromatic nitrogens is 1. The van der Waals surface area contributed by atoms with Crippen molar-refractivity contribution in [3.8, 4) is 0 Å². The number of fused-ring (bicyclic) bond motifs is 1. The van der Waals surface area contributed by atoms with E-state index in [0.29, 0.717) is 17.1 Å². The molecule has 0 unspecified atom stereocenters. The van der Waals surface area contributed by atoms with Gasteiger partial charge in [0.2, 0.25) is 0 Å². The second kappa shape index (κ2) is 6.80. The lowest BCUT2D eigenvalue weighted by atomic mass is 9.90. The van der Waals surface area contributed by atoms with E-state index in [-0.39, 0.29) is 12.3 Å². The molecule has 0 aliphatic carbocycles. The highest BCUT2D eigenvalue weighted by Gasteiger charge is 2.33. The largest absolute Gasteiger partial charge is 0.302 e. The molecule has 1 atom stereocenters. The number of nitrogens with zero attached hydrogens (tertiary/aromatic N) is 3. The number of carbonyl (C=O) groups is 2. The molecule has 1 aliphatic rings. The molecule has 3 rings (SSSR count). The van der Waals surface area contributed by atoms with Gasteiger partial charge >= 0.3 is 0 Å². The first-order valence-electron chi connectivity index (χ1n) is 8.48. The Morgan fingerprint density at radius 3 is 2.50 bits per heavy atom. The summed E-state index contributed by atoms with van der Waals surface area (Å²) in [5.74, 6) is -0.449. The summed E-state index contributed by atoms with van der Waals surface area (Å²) in [6.45, 7) is 5.45. The van der Waals surface area contributed by atoms with E-state index in [1.54, 1.807) is 12.3 Å². The number of rotatable bonds is 3. The van der Waals surface area contributed by atoms with Gasteiger partial charge in [-0.1, -0.05) is 45.0 Å². The average Bonchev–Trinajstić information content (AvgIpc) is 2.72. The van der Waals surface area contributed by atoms with Crippen LogP contribution >= 0.6 is 0 Å². The predicted molar refractivity (Wildman–Crippen MR) is 101 cm³/mol. The SMILES string of the molecule is CC(C)(C)C(=O)CN1C(=O)[C@@H](N)N=C(c2ccccn2)c2ccccc21. The van der Waals surface area contributed by atoms with Crippen molar-refractivity contribution < 1.29 is 9.59 Å². The number of hydrogen-bond donors (Lipinski definition) is 1. The molecule has 6 nitrogen and oxygen atoms in total. The summed E-state index contributed by atoms with van der Waals surface area (Å²) >= 11 is 0. The second-order valence-electron chi connectivity index (χ2n) is 7.25. The number of benzodiazepines with no additional fused rings is 1. The van der Waals surface area contributed by atoms with Crippen molar-refractivity contribution in [3.05, 3.63) is 59.9 Å². The van der Waals surface area contributed by atoms with Crippen molar-refractivity contribution in [1.82, 2.24) is 4.98 Å². The van der Waals surface area contributed by atoms with Gasteiger partial charge in [0.1, 0.15) is 0 Å². The summed E-state index contributed by atoms with van der Waals surface area (Å²) in [5.41, 5.74) is 8.01. The first-order chi connectivity index (χ1) is 12.3. The number of aliphatic imine (C=N–C) groups is 1. The lowest BCUT2D eigenvalue weighted by Gasteiger charge is -2.27. The number of anilines is 1. The van der Waals surface area contributed by atoms with Crippen molar-refractivity contribution in [2.24, 2.45) is 16.1 Å². The molecule has 2 heterocycles.